The molecule has 0 fully saturated rings. The third kappa shape index (κ3) is 3.32. The fourth-order valence-corrected chi connectivity index (χ4v) is 2.50. The van der Waals surface area contributed by atoms with Gasteiger partial charge in [-0.15, -0.1) is 0 Å². The predicted octanol–water partition coefficient (Wildman–Crippen LogP) is 1.26. The first kappa shape index (κ1) is 15.9. The van der Waals surface area contributed by atoms with E-state index in [-0.39, 0.29) is 5.82 Å². The Labute approximate surface area is 137 Å². The minimum atomic E-state index is -0.447. The Morgan fingerprint density at radius 1 is 1.33 bits per heavy atom. The first-order valence-corrected chi connectivity index (χ1v) is 7.45. The van der Waals surface area contributed by atoms with E-state index in [1.807, 2.05) is 0 Å². The number of nitrogens with one attached hydrogen (secondary N) is 1. The minimum absolute atomic E-state index is 0.313. The van der Waals surface area contributed by atoms with Crippen LogP contribution in [0.2, 0.25) is 0 Å². The standard InChI is InChI=1S/C16H17FN6O/c1-23-16-13(8-22-23)15(20-9-21-16)19-7-11(14(18)24)6-10-2-4-12(17)5-3-10/h2-5,8-9,11H,6-7H2,1H3,(H2,18,24)(H,19,20,21). The van der Waals surface area contributed by atoms with Gasteiger partial charge in [-0.1, -0.05) is 12.1 Å². The molecule has 1 unspecified atom stereocenters. The molecular formula is C16H17FN6O. The molecule has 3 rings (SSSR count). The van der Waals surface area contributed by atoms with Gasteiger partial charge in [0.2, 0.25) is 5.91 Å². The van der Waals surface area contributed by atoms with Gasteiger partial charge in [0.05, 0.1) is 17.5 Å². The first-order chi connectivity index (χ1) is 11.5. The van der Waals surface area contributed by atoms with Crippen molar-refractivity contribution in [3.05, 3.63) is 48.2 Å². The van der Waals surface area contributed by atoms with Gasteiger partial charge < -0.3 is 11.1 Å². The second-order valence-electron chi connectivity index (χ2n) is 5.54. The summed E-state index contributed by atoms with van der Waals surface area (Å²) in [5.74, 6) is -0.591. The molecular weight excluding hydrogens is 311 g/mol. The number of aryl methyl sites for hydroxylation is 1. The van der Waals surface area contributed by atoms with Crippen LogP contribution in [0.15, 0.2) is 36.8 Å². The summed E-state index contributed by atoms with van der Waals surface area (Å²) >= 11 is 0. The van der Waals surface area contributed by atoms with Gasteiger partial charge >= 0.3 is 0 Å². The summed E-state index contributed by atoms with van der Waals surface area (Å²) in [7, 11) is 1.79. The van der Waals surface area contributed by atoms with Crippen molar-refractivity contribution in [1.29, 1.82) is 0 Å². The van der Waals surface area contributed by atoms with Crippen LogP contribution < -0.4 is 11.1 Å². The maximum absolute atomic E-state index is 13.0. The van der Waals surface area contributed by atoms with Crippen LogP contribution in [-0.2, 0) is 18.3 Å². The number of rotatable bonds is 6. The van der Waals surface area contributed by atoms with Gasteiger partial charge in [-0.3, -0.25) is 9.48 Å². The molecule has 0 bridgehead atoms. The number of benzene rings is 1. The molecule has 7 nitrogen and oxygen atoms in total. The molecule has 0 aliphatic carbocycles. The molecule has 0 spiro atoms. The van der Waals surface area contributed by atoms with Gasteiger partial charge in [0.15, 0.2) is 5.65 Å². The van der Waals surface area contributed by atoms with Crippen molar-refractivity contribution >= 4 is 22.8 Å². The SMILES string of the molecule is Cn1ncc2c(NCC(Cc3ccc(F)cc3)C(N)=O)ncnc21. The van der Waals surface area contributed by atoms with E-state index in [4.69, 9.17) is 5.73 Å². The quantitative estimate of drug-likeness (QED) is 0.710. The molecule has 1 atom stereocenters. The average Bonchev–Trinajstić information content (AvgIpc) is 2.95. The molecule has 3 aromatic rings. The van der Waals surface area contributed by atoms with Gasteiger partial charge in [-0.2, -0.15) is 5.10 Å². The van der Waals surface area contributed by atoms with E-state index >= 15 is 0 Å². The highest BCUT2D eigenvalue weighted by Crippen LogP contribution is 2.18. The number of nitrogens with two attached hydrogens (primary N) is 1. The molecule has 0 saturated heterocycles. The zero-order chi connectivity index (χ0) is 17.1. The number of carbonyl (C=O) groups excluding carboxylic acids is 1. The van der Waals surface area contributed by atoms with Crippen LogP contribution in [0.3, 0.4) is 0 Å². The third-order valence-electron chi connectivity index (χ3n) is 3.84. The number of carbonyl (C=O) groups is 1. The molecule has 24 heavy (non-hydrogen) atoms. The molecule has 1 aromatic carbocycles. The van der Waals surface area contributed by atoms with E-state index in [0.717, 1.165) is 10.9 Å². The van der Waals surface area contributed by atoms with Gasteiger partial charge in [-0.25, -0.2) is 14.4 Å². The maximum atomic E-state index is 13.0. The van der Waals surface area contributed by atoms with Gasteiger partial charge in [0, 0.05) is 13.6 Å². The average molecular weight is 328 g/mol. The maximum Gasteiger partial charge on any atom is 0.222 e. The normalized spacial score (nSPS) is 12.2. The smallest absolute Gasteiger partial charge is 0.222 e. The van der Waals surface area contributed by atoms with Crippen molar-refractivity contribution < 1.29 is 9.18 Å². The molecule has 1 amide bonds. The second-order valence-corrected chi connectivity index (χ2v) is 5.54. The highest BCUT2D eigenvalue weighted by molar-refractivity contribution is 5.86. The van der Waals surface area contributed by atoms with Crippen LogP contribution in [-0.4, -0.2) is 32.2 Å². The van der Waals surface area contributed by atoms with Crippen LogP contribution in [0.25, 0.3) is 11.0 Å². The molecule has 124 valence electrons. The van der Waals surface area contributed by atoms with E-state index in [2.05, 4.69) is 20.4 Å². The van der Waals surface area contributed by atoms with Gasteiger partial charge in [-0.05, 0) is 24.1 Å². The van der Waals surface area contributed by atoms with Crippen LogP contribution >= 0.6 is 0 Å². The fraction of sp³-hybridized carbons (Fsp3) is 0.250. The zero-order valence-corrected chi connectivity index (χ0v) is 13.1. The van der Waals surface area contributed by atoms with Crippen LogP contribution in [0.5, 0.6) is 0 Å². The number of halogens is 1. The van der Waals surface area contributed by atoms with Crippen molar-refractivity contribution in [2.45, 2.75) is 6.42 Å². The summed E-state index contributed by atoms with van der Waals surface area (Å²) in [6, 6.07) is 6.03. The Morgan fingerprint density at radius 3 is 2.79 bits per heavy atom. The van der Waals surface area contributed by atoms with Gasteiger partial charge in [0.1, 0.15) is 18.0 Å². The lowest BCUT2D eigenvalue weighted by Gasteiger charge is -2.15. The number of amides is 1. The summed E-state index contributed by atoms with van der Waals surface area (Å²) in [6.07, 6.45) is 3.52. The predicted molar refractivity (Wildman–Crippen MR) is 87.6 cm³/mol. The highest BCUT2D eigenvalue weighted by atomic mass is 19.1. The molecule has 0 saturated carbocycles. The summed E-state index contributed by atoms with van der Waals surface area (Å²) in [5.41, 5.74) is 7.03. The van der Waals surface area contributed by atoms with Crippen LogP contribution in [0.1, 0.15) is 5.56 Å². The van der Waals surface area contributed by atoms with Crippen molar-refractivity contribution in [2.75, 3.05) is 11.9 Å². The number of aromatic nitrogens is 4. The topological polar surface area (TPSA) is 98.7 Å². The summed E-state index contributed by atoms with van der Waals surface area (Å²) in [4.78, 5) is 20.1. The third-order valence-corrected chi connectivity index (χ3v) is 3.84. The molecule has 2 heterocycles. The molecule has 0 aliphatic heterocycles. The van der Waals surface area contributed by atoms with Crippen molar-refractivity contribution in [3.63, 3.8) is 0 Å². The molecule has 2 aromatic heterocycles. The molecule has 0 radical (unpaired) electrons. The van der Waals surface area contributed by atoms with E-state index < -0.39 is 11.8 Å². The Kier molecular flexibility index (Phi) is 4.37. The summed E-state index contributed by atoms with van der Waals surface area (Å²) in [6.45, 7) is 0.313. The number of fused-ring (bicyclic) bond motifs is 1. The molecule has 3 N–H and O–H groups in total. The van der Waals surface area contributed by atoms with E-state index in [1.54, 1.807) is 30.1 Å². The summed E-state index contributed by atoms with van der Waals surface area (Å²) < 4.78 is 14.6. The lowest BCUT2D eigenvalue weighted by Crippen LogP contribution is -2.31. The number of primary amides is 1. The van der Waals surface area contributed by atoms with Gasteiger partial charge in [0.25, 0.3) is 0 Å². The zero-order valence-electron chi connectivity index (χ0n) is 13.1. The Balaban J connectivity index is 1.74. The highest BCUT2D eigenvalue weighted by Gasteiger charge is 2.17. The number of hydrogen-bond acceptors (Lipinski definition) is 5. The number of anilines is 1. The van der Waals surface area contributed by atoms with Crippen LogP contribution in [0, 0.1) is 11.7 Å². The van der Waals surface area contributed by atoms with E-state index in [1.165, 1.54) is 18.5 Å². The minimum Gasteiger partial charge on any atom is -0.369 e. The Morgan fingerprint density at radius 2 is 2.08 bits per heavy atom. The number of nitrogens with zero attached hydrogens (tertiary/aromatic N) is 4. The second kappa shape index (κ2) is 6.61. The lowest BCUT2D eigenvalue weighted by molar-refractivity contribution is -0.121. The monoisotopic (exact) mass is 328 g/mol. The van der Waals surface area contributed by atoms with Crippen molar-refractivity contribution in [1.82, 2.24) is 19.7 Å². The van der Waals surface area contributed by atoms with Crippen molar-refractivity contribution in [3.8, 4) is 0 Å². The Hall–Kier alpha value is -3.03. The summed E-state index contributed by atoms with van der Waals surface area (Å²) in [5, 5.41) is 8.04. The number of hydrogen-bond donors (Lipinski definition) is 2. The van der Waals surface area contributed by atoms with Crippen LogP contribution in [0.4, 0.5) is 10.2 Å². The van der Waals surface area contributed by atoms with Crippen molar-refractivity contribution in [2.24, 2.45) is 18.7 Å². The van der Waals surface area contributed by atoms with E-state index in [0.29, 0.717) is 24.4 Å². The molecule has 0 aliphatic rings. The largest absolute Gasteiger partial charge is 0.369 e. The fourth-order valence-electron chi connectivity index (χ4n) is 2.50. The first-order valence-electron chi connectivity index (χ1n) is 7.45. The lowest BCUT2D eigenvalue weighted by atomic mass is 9.98. The molecule has 8 heteroatoms. The van der Waals surface area contributed by atoms with E-state index in [9.17, 15) is 9.18 Å². The Bertz CT molecular complexity index is 861.